The van der Waals surface area contributed by atoms with Crippen LogP contribution in [0.25, 0.3) is 0 Å². The second-order valence-electron chi connectivity index (χ2n) is 3.63. The molecule has 0 aromatic carbocycles. The molecule has 4 heteroatoms. The van der Waals surface area contributed by atoms with Crippen molar-refractivity contribution >= 4 is 21.4 Å². The molecule has 12 heavy (non-hydrogen) atoms. The lowest BCUT2D eigenvalue weighted by Gasteiger charge is -2.05. The van der Waals surface area contributed by atoms with Gasteiger partial charge in [-0.1, -0.05) is 0 Å². The van der Waals surface area contributed by atoms with E-state index in [0.29, 0.717) is 12.3 Å². The zero-order valence-electron chi connectivity index (χ0n) is 7.29. The summed E-state index contributed by atoms with van der Waals surface area (Å²) < 4.78 is 21.5. The number of hydrogen-bond donors (Lipinski definition) is 0. The number of sulfone groups is 1. The average molecular weight is 211 g/mol. The largest absolute Gasteiger partial charge is 0.229 e. The van der Waals surface area contributed by atoms with Crippen LogP contribution in [-0.2, 0) is 9.84 Å². The minimum absolute atomic E-state index is 0.215. The van der Waals surface area contributed by atoms with E-state index in [1.54, 1.807) is 0 Å². The second kappa shape index (κ2) is 3.97. The lowest BCUT2D eigenvalue weighted by molar-refractivity contribution is 0.592. The first kappa shape index (κ1) is 10.3. The highest BCUT2D eigenvalue weighted by Gasteiger charge is 2.29. The van der Waals surface area contributed by atoms with Gasteiger partial charge < -0.3 is 0 Å². The maximum atomic E-state index is 10.8. The fourth-order valence-electron chi connectivity index (χ4n) is 1.23. The van der Waals surface area contributed by atoms with E-state index in [9.17, 15) is 8.42 Å². The van der Waals surface area contributed by atoms with Crippen LogP contribution in [0.5, 0.6) is 0 Å². The van der Waals surface area contributed by atoms with Crippen molar-refractivity contribution in [2.24, 2.45) is 5.92 Å². The third-order valence-corrected chi connectivity index (χ3v) is 3.73. The third kappa shape index (κ3) is 4.31. The number of halogens is 1. The topological polar surface area (TPSA) is 34.1 Å². The van der Waals surface area contributed by atoms with Crippen LogP contribution in [0.2, 0.25) is 0 Å². The van der Waals surface area contributed by atoms with E-state index in [1.165, 1.54) is 19.1 Å². The van der Waals surface area contributed by atoms with Crippen molar-refractivity contribution in [2.45, 2.75) is 31.1 Å². The molecular formula is C8H15ClO2S. The van der Waals surface area contributed by atoms with Crippen LogP contribution in [0.15, 0.2) is 0 Å². The summed E-state index contributed by atoms with van der Waals surface area (Å²) in [7, 11) is -2.78. The molecule has 0 amide bonds. The Hall–Kier alpha value is 0.240. The molecule has 0 heterocycles. The van der Waals surface area contributed by atoms with Crippen molar-refractivity contribution in [3.63, 3.8) is 0 Å². The molecule has 1 unspecified atom stereocenters. The molecule has 0 spiro atoms. The Morgan fingerprint density at radius 3 is 2.50 bits per heavy atom. The van der Waals surface area contributed by atoms with E-state index >= 15 is 0 Å². The van der Waals surface area contributed by atoms with Gasteiger partial charge in [0.1, 0.15) is 9.84 Å². The molecule has 1 aliphatic carbocycles. The summed E-state index contributed by atoms with van der Waals surface area (Å²) in [6, 6.07) is 0. The highest BCUT2D eigenvalue weighted by atomic mass is 35.5. The Kier molecular flexibility index (Phi) is 3.41. The molecule has 0 saturated heterocycles. The molecule has 1 fully saturated rings. The highest BCUT2D eigenvalue weighted by molar-refractivity contribution is 7.90. The Balaban J connectivity index is 2.09. The Bertz CT molecular complexity index is 231. The summed E-state index contributed by atoms with van der Waals surface area (Å²) in [6.45, 7) is 0. The first-order chi connectivity index (χ1) is 5.49. The van der Waals surface area contributed by atoms with E-state index in [2.05, 4.69) is 0 Å². The first-order valence-corrected chi connectivity index (χ1v) is 6.80. The van der Waals surface area contributed by atoms with Gasteiger partial charge in [-0.05, 0) is 31.6 Å². The van der Waals surface area contributed by atoms with Crippen LogP contribution in [0.4, 0.5) is 0 Å². The molecule has 0 aliphatic heterocycles. The van der Waals surface area contributed by atoms with E-state index in [4.69, 9.17) is 11.6 Å². The highest BCUT2D eigenvalue weighted by Crippen LogP contribution is 2.37. The quantitative estimate of drug-likeness (QED) is 0.649. The summed E-state index contributed by atoms with van der Waals surface area (Å²) in [5.74, 6) is 0.953. The first-order valence-electron chi connectivity index (χ1n) is 4.31. The van der Waals surface area contributed by atoms with Crippen molar-refractivity contribution in [1.29, 1.82) is 0 Å². The Labute approximate surface area is 79.2 Å². The molecule has 1 saturated carbocycles. The minimum Gasteiger partial charge on any atom is -0.229 e. The van der Waals surface area contributed by atoms with Crippen molar-refractivity contribution < 1.29 is 8.42 Å². The van der Waals surface area contributed by atoms with Crippen LogP contribution in [0, 0.1) is 5.92 Å². The maximum Gasteiger partial charge on any atom is 0.147 e. The van der Waals surface area contributed by atoms with E-state index < -0.39 is 9.84 Å². The van der Waals surface area contributed by atoms with Gasteiger partial charge in [0.2, 0.25) is 0 Å². The van der Waals surface area contributed by atoms with Gasteiger partial charge in [0.25, 0.3) is 0 Å². The lowest BCUT2D eigenvalue weighted by Crippen LogP contribution is -2.07. The second-order valence-corrected chi connectivity index (χ2v) is 6.45. The van der Waals surface area contributed by atoms with Gasteiger partial charge in [-0.3, -0.25) is 0 Å². The lowest BCUT2D eigenvalue weighted by atomic mass is 10.2. The fourth-order valence-corrected chi connectivity index (χ4v) is 2.33. The van der Waals surface area contributed by atoms with Crippen molar-refractivity contribution in [2.75, 3.05) is 12.0 Å². The summed E-state index contributed by atoms with van der Waals surface area (Å²) >= 11 is 6.01. The molecule has 0 aromatic rings. The zero-order chi connectivity index (χ0) is 9.19. The van der Waals surface area contributed by atoms with Crippen molar-refractivity contribution in [3.8, 4) is 0 Å². The summed E-state index contributed by atoms with van der Waals surface area (Å²) in [4.78, 5) is 0. The molecule has 2 nitrogen and oxygen atoms in total. The molecule has 72 valence electrons. The van der Waals surface area contributed by atoms with Crippen molar-refractivity contribution in [3.05, 3.63) is 0 Å². The van der Waals surface area contributed by atoms with E-state index in [1.807, 2.05) is 0 Å². The van der Waals surface area contributed by atoms with Gasteiger partial charge in [-0.25, -0.2) is 8.42 Å². The number of alkyl halides is 1. The predicted molar refractivity (Wildman–Crippen MR) is 51.3 cm³/mol. The molecule has 1 atom stereocenters. The van der Waals surface area contributed by atoms with Gasteiger partial charge in [-0.15, -0.1) is 11.6 Å². The molecular weight excluding hydrogens is 196 g/mol. The van der Waals surface area contributed by atoms with E-state index in [-0.39, 0.29) is 11.1 Å². The Morgan fingerprint density at radius 2 is 2.08 bits per heavy atom. The zero-order valence-corrected chi connectivity index (χ0v) is 8.87. The molecule has 0 bridgehead atoms. The summed E-state index contributed by atoms with van der Waals surface area (Å²) in [6.07, 6.45) is 5.29. The maximum absolute atomic E-state index is 10.8. The molecule has 0 radical (unpaired) electrons. The summed E-state index contributed by atoms with van der Waals surface area (Å²) in [5, 5.41) is 0.215. The third-order valence-electron chi connectivity index (χ3n) is 2.13. The van der Waals surface area contributed by atoms with Gasteiger partial charge in [0, 0.05) is 17.4 Å². The average Bonchev–Trinajstić information content (AvgIpc) is 2.64. The van der Waals surface area contributed by atoms with Gasteiger partial charge in [0.05, 0.1) is 0 Å². The van der Waals surface area contributed by atoms with Gasteiger partial charge >= 0.3 is 0 Å². The van der Waals surface area contributed by atoms with Gasteiger partial charge in [0.15, 0.2) is 0 Å². The SMILES string of the molecule is CS(=O)(=O)CCCC(Cl)C1CC1. The normalized spacial score (nSPS) is 20.8. The predicted octanol–water partition coefficient (Wildman–Crippen LogP) is 1.83. The van der Waals surface area contributed by atoms with Crippen LogP contribution < -0.4 is 0 Å². The minimum atomic E-state index is -2.78. The van der Waals surface area contributed by atoms with Gasteiger partial charge in [-0.2, -0.15) is 0 Å². The molecule has 1 rings (SSSR count). The number of hydrogen-bond acceptors (Lipinski definition) is 2. The smallest absolute Gasteiger partial charge is 0.147 e. The van der Waals surface area contributed by atoms with Crippen LogP contribution in [0.3, 0.4) is 0 Å². The molecule has 0 aromatic heterocycles. The van der Waals surface area contributed by atoms with Crippen LogP contribution in [-0.4, -0.2) is 25.8 Å². The monoisotopic (exact) mass is 210 g/mol. The fraction of sp³-hybridized carbons (Fsp3) is 1.00. The van der Waals surface area contributed by atoms with Crippen LogP contribution >= 0.6 is 11.6 Å². The molecule has 0 N–H and O–H groups in total. The van der Waals surface area contributed by atoms with Crippen molar-refractivity contribution in [1.82, 2.24) is 0 Å². The molecule has 1 aliphatic rings. The standard InChI is InChI=1S/C8H15ClO2S/c1-12(10,11)6-2-3-8(9)7-4-5-7/h7-8H,2-6H2,1H3. The van der Waals surface area contributed by atoms with E-state index in [0.717, 1.165) is 6.42 Å². The number of rotatable bonds is 5. The Morgan fingerprint density at radius 1 is 1.50 bits per heavy atom. The summed E-state index contributed by atoms with van der Waals surface area (Å²) in [5.41, 5.74) is 0. The van der Waals surface area contributed by atoms with Crippen LogP contribution in [0.1, 0.15) is 25.7 Å².